The van der Waals surface area contributed by atoms with Gasteiger partial charge in [-0.05, 0) is 47.5 Å². The Bertz CT molecular complexity index is 1180. The minimum Gasteiger partial charge on any atom is -0.495 e. The maximum Gasteiger partial charge on any atom is 0.290 e. The number of rotatable bonds is 4. The van der Waals surface area contributed by atoms with Crippen LogP contribution < -0.4 is 10.5 Å². The number of carbonyl (C=O) groups is 1. The van der Waals surface area contributed by atoms with E-state index in [1.54, 1.807) is 42.6 Å². The summed E-state index contributed by atoms with van der Waals surface area (Å²) >= 11 is 12.5. The van der Waals surface area contributed by atoms with Crippen molar-refractivity contribution in [2.24, 2.45) is 10.7 Å². The fourth-order valence-electron chi connectivity index (χ4n) is 3.39. The molecule has 1 aliphatic heterocycles. The Labute approximate surface area is 193 Å². The van der Waals surface area contributed by atoms with Gasteiger partial charge in [0.2, 0.25) is 0 Å². The third-order valence-corrected chi connectivity index (χ3v) is 5.45. The van der Waals surface area contributed by atoms with E-state index in [0.717, 1.165) is 5.56 Å². The molecule has 32 heavy (non-hydrogen) atoms. The average Bonchev–Trinajstić information content (AvgIpc) is 3.18. The summed E-state index contributed by atoms with van der Waals surface area (Å²) in [6.45, 7) is -0.104. The smallest absolute Gasteiger partial charge is 0.290 e. The normalized spacial score (nSPS) is 16.9. The number of hydrogen-bond acceptors (Lipinski definition) is 6. The van der Waals surface area contributed by atoms with Gasteiger partial charge in [-0.2, -0.15) is 0 Å². The lowest BCUT2D eigenvalue weighted by molar-refractivity contribution is -0.122. The van der Waals surface area contributed by atoms with Crippen molar-refractivity contribution >= 4 is 35.7 Å². The maximum atomic E-state index is 14.7. The van der Waals surface area contributed by atoms with Crippen LogP contribution in [0.5, 0.6) is 5.75 Å². The number of nitrogens with zero attached hydrogens (tertiary/aromatic N) is 2. The molecule has 1 atom stereocenters. The molecule has 0 bridgehead atoms. The van der Waals surface area contributed by atoms with Gasteiger partial charge in [-0.25, -0.2) is 14.4 Å². The van der Waals surface area contributed by atoms with Gasteiger partial charge >= 0.3 is 0 Å². The first-order valence-corrected chi connectivity index (χ1v) is 9.92. The van der Waals surface area contributed by atoms with E-state index in [-0.39, 0.29) is 24.3 Å². The zero-order chi connectivity index (χ0) is 23.3. The summed E-state index contributed by atoms with van der Waals surface area (Å²) in [6, 6.07) is 13.5. The van der Waals surface area contributed by atoms with Gasteiger partial charge in [-0.3, -0.25) is 4.79 Å². The molecule has 2 aromatic carbocycles. The third kappa shape index (κ3) is 4.46. The number of hydrogen-bond donors (Lipinski definition) is 2. The zero-order valence-electron chi connectivity index (χ0n) is 16.8. The summed E-state index contributed by atoms with van der Waals surface area (Å²) in [5.41, 5.74) is 7.05. The van der Waals surface area contributed by atoms with E-state index < -0.39 is 11.4 Å². The number of ether oxygens (including phenoxy) is 2. The Kier molecular flexibility index (Phi) is 7.17. The summed E-state index contributed by atoms with van der Waals surface area (Å²) in [5, 5.41) is 7.51. The van der Waals surface area contributed by atoms with E-state index >= 15 is 0 Å². The first-order chi connectivity index (χ1) is 15.4. The van der Waals surface area contributed by atoms with Crippen LogP contribution in [0.4, 0.5) is 4.39 Å². The predicted octanol–water partition coefficient (Wildman–Crippen LogP) is 4.49. The predicted molar refractivity (Wildman–Crippen MR) is 120 cm³/mol. The number of carboxylic acid groups (broad SMARTS) is 1. The van der Waals surface area contributed by atoms with Gasteiger partial charge in [0.15, 0.2) is 5.54 Å². The van der Waals surface area contributed by atoms with Gasteiger partial charge in [0.1, 0.15) is 23.3 Å². The molecular weight excluding hydrogens is 460 g/mol. The lowest BCUT2D eigenvalue weighted by Crippen LogP contribution is -2.27. The fourth-order valence-corrected chi connectivity index (χ4v) is 3.87. The van der Waals surface area contributed by atoms with Crippen LogP contribution in [-0.2, 0) is 15.1 Å². The maximum absolute atomic E-state index is 14.7. The highest BCUT2D eigenvalue weighted by atomic mass is 35.5. The molecule has 2 heterocycles. The first kappa shape index (κ1) is 23.3. The molecule has 0 aliphatic carbocycles. The van der Waals surface area contributed by atoms with Gasteiger partial charge in [0, 0.05) is 17.3 Å². The van der Waals surface area contributed by atoms with Crippen molar-refractivity contribution in [2.45, 2.75) is 5.54 Å². The highest BCUT2D eigenvalue weighted by Gasteiger charge is 2.41. The molecule has 10 heteroatoms. The van der Waals surface area contributed by atoms with Crippen LogP contribution >= 0.6 is 23.2 Å². The van der Waals surface area contributed by atoms with Gasteiger partial charge in [0.25, 0.3) is 12.5 Å². The lowest BCUT2D eigenvalue weighted by atomic mass is 9.83. The average molecular weight is 478 g/mol. The van der Waals surface area contributed by atoms with Crippen molar-refractivity contribution in [3.63, 3.8) is 0 Å². The molecule has 166 valence electrons. The summed E-state index contributed by atoms with van der Waals surface area (Å²) < 4.78 is 25.4. The lowest BCUT2D eigenvalue weighted by Gasteiger charge is -2.26. The summed E-state index contributed by atoms with van der Waals surface area (Å²) in [6.07, 6.45) is 1.55. The number of methoxy groups -OCH3 is 1. The fraction of sp³-hybridized carbons (Fsp3) is 0.136. The molecule has 3 aromatic rings. The molecule has 0 unspecified atom stereocenters. The Hall–Kier alpha value is -3.36. The molecule has 1 aromatic heterocycles. The molecule has 7 nitrogen and oxygen atoms in total. The van der Waals surface area contributed by atoms with Gasteiger partial charge < -0.3 is 20.3 Å². The van der Waals surface area contributed by atoms with Crippen molar-refractivity contribution in [2.75, 3.05) is 13.7 Å². The van der Waals surface area contributed by atoms with Crippen LogP contribution in [-0.4, -0.2) is 36.3 Å². The van der Waals surface area contributed by atoms with E-state index in [0.29, 0.717) is 27.5 Å². The molecule has 0 saturated carbocycles. The quantitative estimate of drug-likeness (QED) is 0.423. The molecule has 0 amide bonds. The zero-order valence-corrected chi connectivity index (χ0v) is 18.3. The monoisotopic (exact) mass is 477 g/mol. The van der Waals surface area contributed by atoms with Crippen molar-refractivity contribution in [3.8, 4) is 16.9 Å². The molecule has 1 aliphatic rings. The van der Waals surface area contributed by atoms with E-state index in [1.807, 2.05) is 6.07 Å². The van der Waals surface area contributed by atoms with Crippen molar-refractivity contribution in [1.82, 2.24) is 4.98 Å². The number of halogens is 3. The van der Waals surface area contributed by atoms with Crippen LogP contribution in [0.3, 0.4) is 0 Å². The van der Waals surface area contributed by atoms with Crippen LogP contribution in [0.15, 0.2) is 59.7 Å². The first-order valence-electron chi connectivity index (χ1n) is 9.17. The minimum absolute atomic E-state index is 0.0437. The number of aliphatic imine (C=N–C) groups is 1. The second kappa shape index (κ2) is 9.84. The van der Waals surface area contributed by atoms with Crippen LogP contribution in [0, 0.1) is 5.82 Å². The number of aromatic nitrogens is 1. The second-order valence-corrected chi connectivity index (χ2v) is 7.36. The number of nitrogens with two attached hydrogens (primary N) is 1. The van der Waals surface area contributed by atoms with E-state index in [4.69, 9.17) is 48.3 Å². The molecule has 0 radical (unpaired) electrons. The number of pyridine rings is 1. The van der Waals surface area contributed by atoms with Crippen LogP contribution in [0.2, 0.25) is 10.2 Å². The summed E-state index contributed by atoms with van der Waals surface area (Å²) in [4.78, 5) is 16.9. The van der Waals surface area contributed by atoms with Crippen molar-refractivity contribution < 1.29 is 23.8 Å². The van der Waals surface area contributed by atoms with Gasteiger partial charge in [-0.1, -0.05) is 35.3 Å². The molecule has 0 fully saturated rings. The van der Waals surface area contributed by atoms with Crippen LogP contribution in [0.1, 0.15) is 11.1 Å². The van der Waals surface area contributed by atoms with Gasteiger partial charge in [0.05, 0.1) is 12.1 Å². The third-order valence-electron chi connectivity index (χ3n) is 4.85. The highest BCUT2D eigenvalue weighted by molar-refractivity contribution is 6.32. The largest absolute Gasteiger partial charge is 0.495 e. The summed E-state index contributed by atoms with van der Waals surface area (Å²) in [7, 11) is 1.54. The number of amidine groups is 1. The summed E-state index contributed by atoms with van der Waals surface area (Å²) in [5.74, 6) is 0.103. The Morgan fingerprint density at radius 2 is 1.88 bits per heavy atom. The molecular formula is C22H18Cl2FN3O4. The SMILES string of the molecule is COc1ccc([C@@]2(c3ccc(F)c(-c4cccnc4Cl)c3)COC(N)=N2)cc1Cl.O=CO. The second-order valence-electron chi connectivity index (χ2n) is 6.59. The standard InChI is InChI=1S/C21H16Cl2FN3O2.CH2O2/c1-28-18-7-5-13(10-16(18)22)21(11-29-20(25)27-21)12-4-6-17(24)15(9-12)14-3-2-8-26-19(14)23;2-1-3/h2-10H,11H2,1H3,(H2,25,27);1H,(H,2,3)/t21-;/m0./s1. The van der Waals surface area contributed by atoms with E-state index in [1.165, 1.54) is 13.2 Å². The van der Waals surface area contributed by atoms with E-state index in [9.17, 15) is 4.39 Å². The van der Waals surface area contributed by atoms with Crippen molar-refractivity contribution in [1.29, 1.82) is 0 Å². The Morgan fingerprint density at radius 3 is 2.47 bits per heavy atom. The topological polar surface area (TPSA) is 107 Å². The van der Waals surface area contributed by atoms with Crippen LogP contribution in [0.25, 0.3) is 11.1 Å². The molecule has 3 N–H and O–H groups in total. The van der Waals surface area contributed by atoms with Crippen molar-refractivity contribution in [3.05, 3.63) is 81.8 Å². The highest BCUT2D eigenvalue weighted by Crippen LogP contribution is 2.42. The van der Waals surface area contributed by atoms with E-state index in [2.05, 4.69) is 9.98 Å². The Balaban J connectivity index is 0.000000913. The minimum atomic E-state index is -0.989. The Morgan fingerprint density at radius 1 is 1.19 bits per heavy atom. The molecule has 4 rings (SSSR count). The molecule has 0 saturated heterocycles. The molecule has 0 spiro atoms. The van der Waals surface area contributed by atoms with Gasteiger partial charge in [-0.15, -0.1) is 0 Å². The number of benzene rings is 2.